The molecule has 0 aliphatic carbocycles. The number of hydrogen-bond acceptors (Lipinski definition) is 5. The number of aromatic nitrogens is 2. The number of rotatable bonds is 9. The molecule has 2 heterocycles. The van der Waals surface area contributed by atoms with Crippen molar-refractivity contribution in [3.8, 4) is 22.4 Å². The van der Waals surface area contributed by atoms with Crippen LogP contribution in [0.2, 0.25) is 0 Å². The minimum Gasteiger partial charge on any atom is -0.352 e. The van der Waals surface area contributed by atoms with Gasteiger partial charge in [-0.2, -0.15) is 0 Å². The molecule has 200 valence electrons. The molecule has 0 unspecified atom stereocenters. The largest absolute Gasteiger partial charge is 0.352 e. The van der Waals surface area contributed by atoms with E-state index < -0.39 is 0 Å². The van der Waals surface area contributed by atoms with E-state index in [4.69, 9.17) is 0 Å². The van der Waals surface area contributed by atoms with Crippen LogP contribution in [0.1, 0.15) is 34.1 Å². The zero-order chi connectivity index (χ0) is 27.1. The standard InChI is InChI=1S/C31H39N5O2/c1-5-24(4)21-36(31(38)23(2)3)22-30(37)35-19-17-34(18-20-35)29-16-15-28(32-33-29)27-13-11-26(12-14-27)25-9-7-6-8-10-25/h6-16,23-24H,5,17-22H2,1-4H3/t24-/m0/s1. The van der Waals surface area contributed by atoms with Gasteiger partial charge in [0, 0.05) is 44.2 Å². The van der Waals surface area contributed by atoms with E-state index in [2.05, 4.69) is 65.3 Å². The highest BCUT2D eigenvalue weighted by Gasteiger charge is 2.27. The van der Waals surface area contributed by atoms with Crippen LogP contribution in [0, 0.1) is 11.8 Å². The molecular formula is C31H39N5O2. The van der Waals surface area contributed by atoms with Gasteiger partial charge in [0.2, 0.25) is 11.8 Å². The van der Waals surface area contributed by atoms with E-state index >= 15 is 0 Å². The maximum Gasteiger partial charge on any atom is 0.242 e. The molecule has 1 saturated heterocycles. The number of carbonyl (C=O) groups excluding carboxylic acids is 2. The third-order valence-electron chi connectivity index (χ3n) is 7.26. The monoisotopic (exact) mass is 513 g/mol. The van der Waals surface area contributed by atoms with Gasteiger partial charge in [-0.05, 0) is 29.2 Å². The zero-order valence-electron chi connectivity index (χ0n) is 23.0. The van der Waals surface area contributed by atoms with Gasteiger partial charge in [-0.3, -0.25) is 9.59 Å². The van der Waals surface area contributed by atoms with Gasteiger partial charge in [-0.1, -0.05) is 88.7 Å². The fraction of sp³-hybridized carbons (Fsp3) is 0.419. The van der Waals surface area contributed by atoms with Crippen LogP contribution >= 0.6 is 0 Å². The van der Waals surface area contributed by atoms with Crippen molar-refractivity contribution in [3.63, 3.8) is 0 Å². The first-order valence-corrected chi connectivity index (χ1v) is 13.7. The topological polar surface area (TPSA) is 69.6 Å². The minimum atomic E-state index is -0.118. The highest BCUT2D eigenvalue weighted by molar-refractivity contribution is 5.86. The molecule has 3 aromatic rings. The first-order valence-electron chi connectivity index (χ1n) is 13.7. The van der Waals surface area contributed by atoms with E-state index in [0.29, 0.717) is 38.6 Å². The van der Waals surface area contributed by atoms with Crippen LogP contribution in [0.3, 0.4) is 0 Å². The SMILES string of the molecule is CC[C@H](C)CN(CC(=O)N1CCN(c2ccc(-c3ccc(-c4ccccc4)cc3)nn2)CC1)C(=O)C(C)C. The summed E-state index contributed by atoms with van der Waals surface area (Å²) in [5.41, 5.74) is 4.21. The maximum atomic E-state index is 13.1. The molecule has 7 heteroatoms. The first kappa shape index (κ1) is 27.3. The fourth-order valence-corrected chi connectivity index (χ4v) is 4.66. The van der Waals surface area contributed by atoms with Crippen molar-refractivity contribution in [2.24, 2.45) is 11.8 Å². The summed E-state index contributed by atoms with van der Waals surface area (Å²) in [5, 5.41) is 8.96. The summed E-state index contributed by atoms with van der Waals surface area (Å²) in [6, 6.07) is 22.7. The lowest BCUT2D eigenvalue weighted by Gasteiger charge is -2.36. The van der Waals surface area contributed by atoms with Crippen LogP contribution in [-0.2, 0) is 9.59 Å². The summed E-state index contributed by atoms with van der Waals surface area (Å²) in [6.07, 6.45) is 0.980. The first-order chi connectivity index (χ1) is 18.4. The Morgan fingerprint density at radius 2 is 1.45 bits per heavy atom. The van der Waals surface area contributed by atoms with Crippen LogP contribution < -0.4 is 4.90 Å². The smallest absolute Gasteiger partial charge is 0.242 e. The Labute approximate surface area is 226 Å². The summed E-state index contributed by atoms with van der Waals surface area (Å²) >= 11 is 0. The van der Waals surface area contributed by atoms with Crippen molar-refractivity contribution in [1.29, 1.82) is 0 Å². The summed E-state index contributed by atoms with van der Waals surface area (Å²) in [7, 11) is 0. The Kier molecular flexibility index (Phi) is 9.10. The number of piperazine rings is 1. The third kappa shape index (κ3) is 6.77. The summed E-state index contributed by atoms with van der Waals surface area (Å²) in [6.45, 7) is 11.4. The molecule has 4 rings (SSSR count). The Morgan fingerprint density at radius 3 is 2.03 bits per heavy atom. The molecule has 0 bridgehead atoms. The van der Waals surface area contributed by atoms with Gasteiger partial charge in [0.25, 0.3) is 0 Å². The van der Waals surface area contributed by atoms with Gasteiger partial charge in [0.05, 0.1) is 12.2 Å². The van der Waals surface area contributed by atoms with E-state index in [1.54, 1.807) is 4.90 Å². The lowest BCUT2D eigenvalue weighted by molar-refractivity contribution is -0.143. The second kappa shape index (κ2) is 12.7. The fourth-order valence-electron chi connectivity index (χ4n) is 4.66. The van der Waals surface area contributed by atoms with Crippen LogP contribution in [0.25, 0.3) is 22.4 Å². The van der Waals surface area contributed by atoms with E-state index in [1.165, 1.54) is 11.1 Å². The normalized spacial score (nSPS) is 14.4. The highest BCUT2D eigenvalue weighted by Crippen LogP contribution is 2.24. The predicted molar refractivity (Wildman–Crippen MR) is 153 cm³/mol. The van der Waals surface area contributed by atoms with Gasteiger partial charge in [-0.25, -0.2) is 0 Å². The average molecular weight is 514 g/mol. The van der Waals surface area contributed by atoms with Crippen LogP contribution in [0.15, 0.2) is 66.7 Å². The van der Waals surface area contributed by atoms with Crippen LogP contribution in [0.4, 0.5) is 5.82 Å². The van der Waals surface area contributed by atoms with Gasteiger partial charge < -0.3 is 14.7 Å². The Morgan fingerprint density at radius 1 is 0.816 bits per heavy atom. The van der Waals surface area contributed by atoms with E-state index in [0.717, 1.165) is 23.5 Å². The molecule has 2 amide bonds. The van der Waals surface area contributed by atoms with Crippen molar-refractivity contribution in [3.05, 3.63) is 66.7 Å². The summed E-state index contributed by atoms with van der Waals surface area (Å²) < 4.78 is 0. The van der Waals surface area contributed by atoms with Crippen molar-refractivity contribution >= 4 is 17.6 Å². The number of anilines is 1. The Balaban J connectivity index is 1.32. The molecule has 1 aromatic heterocycles. The molecule has 7 nitrogen and oxygen atoms in total. The van der Waals surface area contributed by atoms with E-state index in [-0.39, 0.29) is 24.3 Å². The molecule has 1 fully saturated rings. The molecule has 0 N–H and O–H groups in total. The van der Waals surface area contributed by atoms with Gasteiger partial charge in [0.15, 0.2) is 5.82 Å². The second-order valence-electron chi connectivity index (χ2n) is 10.5. The molecule has 0 saturated carbocycles. The Hall–Kier alpha value is -3.74. The molecule has 1 aliphatic rings. The van der Waals surface area contributed by atoms with Crippen LogP contribution in [-0.4, -0.2) is 71.1 Å². The summed E-state index contributed by atoms with van der Waals surface area (Å²) in [5.74, 6) is 1.12. The predicted octanol–water partition coefficient (Wildman–Crippen LogP) is 4.99. The third-order valence-corrected chi connectivity index (χ3v) is 7.26. The molecule has 2 aromatic carbocycles. The molecular weight excluding hydrogens is 474 g/mol. The number of amides is 2. The molecule has 0 spiro atoms. The zero-order valence-corrected chi connectivity index (χ0v) is 23.0. The maximum absolute atomic E-state index is 13.1. The molecule has 1 atom stereocenters. The minimum absolute atomic E-state index is 0.0161. The van der Waals surface area contributed by atoms with Gasteiger partial charge in [-0.15, -0.1) is 10.2 Å². The Bertz CT molecular complexity index is 1190. The molecule has 0 radical (unpaired) electrons. The van der Waals surface area contributed by atoms with Crippen molar-refractivity contribution in [2.45, 2.75) is 34.1 Å². The number of hydrogen-bond donors (Lipinski definition) is 0. The van der Waals surface area contributed by atoms with Crippen LogP contribution in [0.5, 0.6) is 0 Å². The number of benzene rings is 2. The van der Waals surface area contributed by atoms with Crippen molar-refractivity contribution < 1.29 is 9.59 Å². The second-order valence-corrected chi connectivity index (χ2v) is 10.5. The lowest BCUT2D eigenvalue weighted by atomic mass is 10.0. The van der Waals surface area contributed by atoms with Gasteiger partial charge >= 0.3 is 0 Å². The van der Waals surface area contributed by atoms with E-state index in [1.807, 2.05) is 49.1 Å². The highest BCUT2D eigenvalue weighted by atomic mass is 16.2. The van der Waals surface area contributed by atoms with Gasteiger partial charge in [0.1, 0.15) is 0 Å². The van der Waals surface area contributed by atoms with Crippen molar-refractivity contribution in [1.82, 2.24) is 20.0 Å². The quantitative estimate of drug-likeness (QED) is 0.403. The molecule has 38 heavy (non-hydrogen) atoms. The molecule has 1 aliphatic heterocycles. The number of nitrogens with zero attached hydrogens (tertiary/aromatic N) is 5. The van der Waals surface area contributed by atoms with E-state index in [9.17, 15) is 9.59 Å². The summed E-state index contributed by atoms with van der Waals surface area (Å²) in [4.78, 5) is 31.5. The van der Waals surface area contributed by atoms with Crippen molar-refractivity contribution in [2.75, 3.05) is 44.2 Å². The lowest BCUT2D eigenvalue weighted by Crippen LogP contribution is -2.52. The average Bonchev–Trinajstić information content (AvgIpc) is 2.97. The number of carbonyl (C=O) groups is 2.